The fourth-order valence-electron chi connectivity index (χ4n) is 2.41. The van der Waals surface area contributed by atoms with Gasteiger partial charge in [0.25, 0.3) is 0 Å². The molecule has 1 N–H and O–H groups in total. The maximum atomic E-state index is 12.3. The van der Waals surface area contributed by atoms with E-state index in [4.69, 9.17) is 0 Å². The largest absolute Gasteiger partial charge is 0.573 e. The van der Waals surface area contributed by atoms with Crippen LogP contribution in [0, 0.1) is 0 Å². The molecule has 1 saturated heterocycles. The van der Waals surface area contributed by atoms with Gasteiger partial charge in [-0.2, -0.15) is 0 Å². The van der Waals surface area contributed by atoms with Crippen LogP contribution in [0.2, 0.25) is 0 Å². The first kappa shape index (κ1) is 15.0. The summed E-state index contributed by atoms with van der Waals surface area (Å²) in [6.07, 6.45) is -2.81. The Balaban J connectivity index is 1.99. The van der Waals surface area contributed by atoms with Gasteiger partial charge in [0.2, 0.25) is 0 Å². The Hall–Kier alpha value is -1.43. The maximum Gasteiger partial charge on any atom is 0.573 e. The Kier molecular flexibility index (Phi) is 4.75. The van der Waals surface area contributed by atoms with E-state index < -0.39 is 6.36 Å². The number of halogens is 3. The van der Waals surface area contributed by atoms with Crippen molar-refractivity contribution in [1.29, 1.82) is 0 Å². The quantitative estimate of drug-likeness (QED) is 0.918. The Morgan fingerprint density at radius 1 is 1.25 bits per heavy atom. The number of piperidine rings is 1. The molecular formula is C14H19F3N2O. The van der Waals surface area contributed by atoms with Crippen LogP contribution >= 0.6 is 0 Å². The fraction of sp³-hybridized carbons (Fsp3) is 0.571. The average Bonchev–Trinajstić information content (AvgIpc) is 2.40. The lowest BCUT2D eigenvalue weighted by Gasteiger charge is -2.32. The standard InChI is InChI=1S/C14H19F3N2O/c1-2-19-9-7-11(8-10-19)18-12-5-3-4-6-13(12)20-14(15,16)17/h3-6,11,18H,2,7-10H2,1H3. The van der Waals surface area contributed by atoms with Gasteiger partial charge in [-0.1, -0.05) is 19.1 Å². The van der Waals surface area contributed by atoms with Gasteiger partial charge < -0.3 is 15.0 Å². The molecule has 1 aliphatic rings. The van der Waals surface area contributed by atoms with Crippen LogP contribution in [0.3, 0.4) is 0 Å². The first-order chi connectivity index (χ1) is 9.48. The van der Waals surface area contributed by atoms with E-state index >= 15 is 0 Å². The van der Waals surface area contributed by atoms with Crippen molar-refractivity contribution < 1.29 is 17.9 Å². The van der Waals surface area contributed by atoms with E-state index in [2.05, 4.69) is 21.9 Å². The van der Waals surface area contributed by atoms with Gasteiger partial charge in [0.15, 0.2) is 5.75 Å². The number of nitrogens with zero attached hydrogens (tertiary/aromatic N) is 1. The number of hydrogen-bond acceptors (Lipinski definition) is 3. The van der Waals surface area contributed by atoms with E-state index in [0.29, 0.717) is 5.69 Å². The fourth-order valence-corrected chi connectivity index (χ4v) is 2.41. The third kappa shape index (κ3) is 4.30. The molecule has 1 aromatic carbocycles. The predicted octanol–water partition coefficient (Wildman–Crippen LogP) is 3.48. The summed E-state index contributed by atoms with van der Waals surface area (Å²) in [6.45, 7) is 5.06. The second-order valence-corrected chi connectivity index (χ2v) is 4.90. The predicted molar refractivity (Wildman–Crippen MR) is 71.9 cm³/mol. The summed E-state index contributed by atoms with van der Waals surface area (Å²) in [7, 11) is 0. The molecule has 1 heterocycles. The van der Waals surface area contributed by atoms with Gasteiger partial charge in [0.1, 0.15) is 0 Å². The lowest BCUT2D eigenvalue weighted by molar-refractivity contribution is -0.274. The van der Waals surface area contributed by atoms with Gasteiger partial charge in [-0.05, 0) is 31.5 Å². The highest BCUT2D eigenvalue weighted by Gasteiger charge is 2.32. The molecule has 0 atom stereocenters. The molecule has 1 aromatic rings. The van der Waals surface area contributed by atoms with Crippen LogP contribution in [-0.2, 0) is 0 Å². The molecule has 0 saturated carbocycles. The second-order valence-electron chi connectivity index (χ2n) is 4.90. The molecule has 6 heteroatoms. The summed E-state index contributed by atoms with van der Waals surface area (Å²) in [5, 5.41) is 3.17. The van der Waals surface area contributed by atoms with Crippen molar-refractivity contribution in [2.24, 2.45) is 0 Å². The Morgan fingerprint density at radius 2 is 1.90 bits per heavy atom. The van der Waals surface area contributed by atoms with Crippen LogP contribution in [0.1, 0.15) is 19.8 Å². The van der Waals surface area contributed by atoms with Gasteiger partial charge in [-0.25, -0.2) is 0 Å². The number of hydrogen-bond donors (Lipinski definition) is 1. The van der Waals surface area contributed by atoms with Gasteiger partial charge in [-0.3, -0.25) is 0 Å². The minimum Gasteiger partial charge on any atom is -0.404 e. The molecule has 0 bridgehead atoms. The molecular weight excluding hydrogens is 269 g/mol. The van der Waals surface area contributed by atoms with Crippen LogP contribution in [0.5, 0.6) is 5.75 Å². The van der Waals surface area contributed by atoms with Crippen molar-refractivity contribution in [1.82, 2.24) is 4.90 Å². The minimum absolute atomic E-state index is 0.169. The number of para-hydroxylation sites is 2. The lowest BCUT2D eigenvalue weighted by Crippen LogP contribution is -2.38. The minimum atomic E-state index is -4.66. The van der Waals surface area contributed by atoms with Crippen molar-refractivity contribution in [2.75, 3.05) is 25.0 Å². The zero-order valence-electron chi connectivity index (χ0n) is 11.4. The first-order valence-corrected chi connectivity index (χ1v) is 6.81. The zero-order chi connectivity index (χ0) is 14.6. The number of rotatable bonds is 4. The van der Waals surface area contributed by atoms with E-state index in [0.717, 1.165) is 32.5 Å². The van der Waals surface area contributed by atoms with Gasteiger partial charge in [-0.15, -0.1) is 13.2 Å². The second kappa shape index (κ2) is 6.35. The van der Waals surface area contributed by atoms with E-state index in [1.54, 1.807) is 12.1 Å². The highest BCUT2D eigenvalue weighted by atomic mass is 19.4. The topological polar surface area (TPSA) is 24.5 Å². The molecule has 3 nitrogen and oxygen atoms in total. The molecule has 1 aliphatic heterocycles. The van der Waals surface area contributed by atoms with Crippen molar-refractivity contribution in [3.8, 4) is 5.75 Å². The highest BCUT2D eigenvalue weighted by molar-refractivity contribution is 5.56. The van der Waals surface area contributed by atoms with Crippen LogP contribution in [0.25, 0.3) is 0 Å². The summed E-state index contributed by atoms with van der Waals surface area (Å²) in [4.78, 5) is 2.33. The molecule has 0 radical (unpaired) electrons. The SMILES string of the molecule is CCN1CCC(Nc2ccccc2OC(F)(F)F)CC1. The maximum absolute atomic E-state index is 12.3. The van der Waals surface area contributed by atoms with Crippen LogP contribution in [0.4, 0.5) is 18.9 Å². The van der Waals surface area contributed by atoms with Gasteiger partial charge in [0.05, 0.1) is 5.69 Å². The number of alkyl halides is 3. The van der Waals surface area contributed by atoms with Gasteiger partial charge in [0, 0.05) is 19.1 Å². The van der Waals surface area contributed by atoms with Crippen LogP contribution < -0.4 is 10.1 Å². The third-order valence-electron chi connectivity index (χ3n) is 3.51. The van der Waals surface area contributed by atoms with Crippen molar-refractivity contribution in [2.45, 2.75) is 32.2 Å². The number of nitrogens with one attached hydrogen (secondary N) is 1. The smallest absolute Gasteiger partial charge is 0.404 e. The Morgan fingerprint density at radius 3 is 2.50 bits per heavy atom. The Labute approximate surface area is 116 Å². The highest BCUT2D eigenvalue weighted by Crippen LogP contribution is 2.31. The van der Waals surface area contributed by atoms with E-state index in [-0.39, 0.29) is 11.8 Å². The summed E-state index contributed by atoms with van der Waals surface area (Å²) < 4.78 is 41.1. The van der Waals surface area contributed by atoms with Crippen molar-refractivity contribution >= 4 is 5.69 Å². The summed E-state index contributed by atoms with van der Waals surface area (Å²) in [5.74, 6) is -0.169. The summed E-state index contributed by atoms with van der Waals surface area (Å²) in [6, 6.07) is 6.37. The number of likely N-dealkylation sites (tertiary alicyclic amines) is 1. The molecule has 2 rings (SSSR count). The number of ether oxygens (including phenoxy) is 1. The summed E-state index contributed by atoms with van der Waals surface area (Å²) >= 11 is 0. The molecule has 112 valence electrons. The van der Waals surface area contributed by atoms with E-state index in [1.165, 1.54) is 12.1 Å². The summed E-state index contributed by atoms with van der Waals surface area (Å²) in [5.41, 5.74) is 0.403. The number of benzene rings is 1. The van der Waals surface area contributed by atoms with Crippen molar-refractivity contribution in [3.05, 3.63) is 24.3 Å². The van der Waals surface area contributed by atoms with E-state index in [9.17, 15) is 13.2 Å². The molecule has 1 fully saturated rings. The first-order valence-electron chi connectivity index (χ1n) is 6.81. The Bertz CT molecular complexity index is 429. The van der Waals surface area contributed by atoms with Crippen LogP contribution in [0.15, 0.2) is 24.3 Å². The molecule has 0 unspecified atom stereocenters. The van der Waals surface area contributed by atoms with Crippen molar-refractivity contribution in [3.63, 3.8) is 0 Å². The van der Waals surface area contributed by atoms with Crippen LogP contribution in [-0.4, -0.2) is 36.9 Å². The lowest BCUT2D eigenvalue weighted by atomic mass is 10.0. The molecule has 0 aliphatic carbocycles. The van der Waals surface area contributed by atoms with Gasteiger partial charge >= 0.3 is 6.36 Å². The number of anilines is 1. The zero-order valence-corrected chi connectivity index (χ0v) is 11.4. The third-order valence-corrected chi connectivity index (χ3v) is 3.51. The average molecular weight is 288 g/mol. The molecule has 0 amide bonds. The molecule has 20 heavy (non-hydrogen) atoms. The normalized spacial score (nSPS) is 18.0. The monoisotopic (exact) mass is 288 g/mol. The molecule has 0 aromatic heterocycles. The van der Waals surface area contributed by atoms with E-state index in [1.807, 2.05) is 0 Å². The molecule has 0 spiro atoms.